The zero-order chi connectivity index (χ0) is 11.9. The Hall–Kier alpha value is -1.87. The molecule has 0 saturated heterocycles. The maximum Gasteiger partial charge on any atom is 0.235 e. The van der Waals surface area contributed by atoms with Crippen LogP contribution < -0.4 is 0 Å². The first-order chi connectivity index (χ1) is 7.52. The third-order valence-corrected chi connectivity index (χ3v) is 2.89. The predicted molar refractivity (Wildman–Crippen MR) is 53.5 cm³/mol. The molecule has 5 heteroatoms. The second-order valence-corrected chi connectivity index (χ2v) is 3.99. The summed E-state index contributed by atoms with van der Waals surface area (Å²) in [5.74, 6) is -2.19. The molecule has 1 aromatic rings. The summed E-state index contributed by atoms with van der Waals surface area (Å²) in [6.07, 6.45) is 2.50. The molecule has 0 radical (unpaired) electrons. The minimum atomic E-state index is -0.917. The largest absolute Gasteiger partial charge is 0.504 e. The fourth-order valence-electron chi connectivity index (χ4n) is 1.75. The number of phenols is 2. The summed E-state index contributed by atoms with van der Waals surface area (Å²) in [6.45, 7) is 1.54. The molecule has 16 heavy (non-hydrogen) atoms. The lowest BCUT2D eigenvalue weighted by Crippen LogP contribution is -2.06. The number of phenolic OH excluding ortho intramolecular Hbond substituents is 2. The normalized spacial score (nSPS) is 16.6. The quantitative estimate of drug-likeness (QED) is 0.457. The van der Waals surface area contributed by atoms with Gasteiger partial charge in [-0.1, -0.05) is 0 Å². The van der Waals surface area contributed by atoms with Crippen molar-refractivity contribution in [2.24, 2.45) is 4.99 Å². The number of isocyanates is 1. The Labute approximate surface area is 91.1 Å². The van der Waals surface area contributed by atoms with E-state index in [-0.39, 0.29) is 5.56 Å². The smallest absolute Gasteiger partial charge is 0.235 e. The first-order valence-electron chi connectivity index (χ1n) is 4.82. The molecule has 2 rings (SSSR count). The average Bonchev–Trinajstić information content (AvgIpc) is 3.02. The molecule has 0 amide bonds. The first-order valence-corrected chi connectivity index (χ1v) is 4.82. The van der Waals surface area contributed by atoms with Gasteiger partial charge in [0, 0.05) is 5.56 Å². The Morgan fingerprint density at radius 2 is 2.06 bits per heavy atom. The van der Waals surface area contributed by atoms with Crippen molar-refractivity contribution in [1.82, 2.24) is 0 Å². The van der Waals surface area contributed by atoms with Crippen molar-refractivity contribution in [2.75, 3.05) is 0 Å². The molecule has 0 aliphatic heterocycles. The van der Waals surface area contributed by atoms with Crippen molar-refractivity contribution >= 4 is 6.08 Å². The van der Waals surface area contributed by atoms with Crippen LogP contribution in [0.4, 0.5) is 4.39 Å². The van der Waals surface area contributed by atoms with Crippen LogP contribution in [0.15, 0.2) is 11.1 Å². The van der Waals surface area contributed by atoms with Crippen molar-refractivity contribution in [1.29, 1.82) is 0 Å². The number of aliphatic imine (C=N–C) groups is 1. The molecular weight excluding hydrogens is 213 g/mol. The molecule has 2 N–H and O–H groups in total. The van der Waals surface area contributed by atoms with E-state index in [0.717, 1.165) is 0 Å². The Balaban J connectivity index is 2.63. The molecule has 0 heterocycles. The van der Waals surface area contributed by atoms with Crippen LogP contribution >= 0.6 is 0 Å². The Morgan fingerprint density at radius 1 is 1.44 bits per heavy atom. The van der Waals surface area contributed by atoms with Gasteiger partial charge in [0.25, 0.3) is 0 Å². The molecule has 0 bridgehead atoms. The summed E-state index contributed by atoms with van der Waals surface area (Å²) in [5.41, 5.74) is -0.396. The zero-order valence-electron chi connectivity index (χ0n) is 8.62. The fourth-order valence-corrected chi connectivity index (χ4v) is 1.75. The molecule has 1 aliphatic carbocycles. The number of hydrogen-bond acceptors (Lipinski definition) is 4. The maximum absolute atomic E-state index is 13.7. The molecular formula is C11H10FNO3. The van der Waals surface area contributed by atoms with Gasteiger partial charge in [0.2, 0.25) is 6.08 Å². The second kappa shape index (κ2) is 3.32. The van der Waals surface area contributed by atoms with Crippen LogP contribution in [0.2, 0.25) is 0 Å². The highest BCUT2D eigenvalue weighted by Gasteiger charge is 2.47. The second-order valence-electron chi connectivity index (χ2n) is 3.99. The van der Waals surface area contributed by atoms with Gasteiger partial charge in [0.15, 0.2) is 17.3 Å². The van der Waals surface area contributed by atoms with E-state index in [1.54, 1.807) is 6.92 Å². The van der Waals surface area contributed by atoms with E-state index >= 15 is 0 Å². The van der Waals surface area contributed by atoms with E-state index in [1.807, 2.05) is 0 Å². The van der Waals surface area contributed by atoms with Crippen LogP contribution in [-0.4, -0.2) is 16.3 Å². The van der Waals surface area contributed by atoms with Gasteiger partial charge in [0.1, 0.15) is 5.54 Å². The number of halogens is 1. The van der Waals surface area contributed by atoms with Crippen LogP contribution in [-0.2, 0) is 10.3 Å². The third-order valence-electron chi connectivity index (χ3n) is 2.89. The fraction of sp³-hybridized carbons (Fsp3) is 0.364. The number of hydrogen-bond donors (Lipinski definition) is 2. The lowest BCUT2D eigenvalue weighted by Gasteiger charge is -2.13. The minimum Gasteiger partial charge on any atom is -0.504 e. The molecule has 4 nitrogen and oxygen atoms in total. The zero-order valence-corrected chi connectivity index (χ0v) is 8.62. The van der Waals surface area contributed by atoms with Crippen molar-refractivity contribution in [2.45, 2.75) is 25.3 Å². The molecule has 0 atom stereocenters. The van der Waals surface area contributed by atoms with Gasteiger partial charge < -0.3 is 10.2 Å². The number of nitrogens with zero attached hydrogens (tertiary/aromatic N) is 1. The summed E-state index contributed by atoms with van der Waals surface area (Å²) in [7, 11) is 0. The highest BCUT2D eigenvalue weighted by molar-refractivity contribution is 5.52. The standard InChI is InChI=1S/C11H10FNO3/c1-6-4-7(8(12)10(16)9(6)15)11(2-3-11)13-5-14/h4,15-16H,2-3H2,1H3. The van der Waals surface area contributed by atoms with Gasteiger partial charge in [-0.05, 0) is 31.4 Å². The summed E-state index contributed by atoms with van der Waals surface area (Å²) in [4.78, 5) is 13.8. The van der Waals surface area contributed by atoms with Crippen molar-refractivity contribution in [3.05, 3.63) is 23.0 Å². The highest BCUT2D eigenvalue weighted by atomic mass is 19.1. The molecule has 1 fully saturated rings. The van der Waals surface area contributed by atoms with Gasteiger partial charge in [0.05, 0.1) is 0 Å². The van der Waals surface area contributed by atoms with Crippen LogP contribution in [0.25, 0.3) is 0 Å². The van der Waals surface area contributed by atoms with E-state index in [1.165, 1.54) is 12.1 Å². The summed E-state index contributed by atoms with van der Waals surface area (Å²) in [6, 6.07) is 1.40. The van der Waals surface area contributed by atoms with E-state index in [2.05, 4.69) is 4.99 Å². The lowest BCUT2D eigenvalue weighted by molar-refractivity contribution is 0.372. The van der Waals surface area contributed by atoms with E-state index in [9.17, 15) is 19.4 Å². The van der Waals surface area contributed by atoms with Crippen LogP contribution in [0.5, 0.6) is 11.5 Å². The van der Waals surface area contributed by atoms with Gasteiger partial charge in [-0.2, -0.15) is 4.99 Å². The Morgan fingerprint density at radius 3 is 2.56 bits per heavy atom. The van der Waals surface area contributed by atoms with Crippen LogP contribution in [0, 0.1) is 12.7 Å². The SMILES string of the molecule is Cc1cc(C2(N=C=O)CC2)c(F)c(O)c1O. The minimum absolute atomic E-state index is 0.142. The summed E-state index contributed by atoms with van der Waals surface area (Å²) >= 11 is 0. The molecule has 0 unspecified atom stereocenters. The summed E-state index contributed by atoms with van der Waals surface area (Å²) in [5, 5.41) is 18.7. The molecule has 1 aliphatic rings. The maximum atomic E-state index is 13.7. The molecule has 1 aromatic carbocycles. The molecule has 0 spiro atoms. The van der Waals surface area contributed by atoms with Crippen LogP contribution in [0.1, 0.15) is 24.0 Å². The van der Waals surface area contributed by atoms with Crippen LogP contribution in [0.3, 0.4) is 0 Å². The number of carbonyl (C=O) groups excluding carboxylic acids is 1. The highest BCUT2D eigenvalue weighted by Crippen LogP contribution is 2.52. The number of benzene rings is 1. The molecule has 1 saturated carbocycles. The van der Waals surface area contributed by atoms with Gasteiger partial charge in [-0.3, -0.25) is 0 Å². The third kappa shape index (κ3) is 1.37. The Bertz CT molecular complexity index is 502. The van der Waals surface area contributed by atoms with E-state index in [0.29, 0.717) is 18.4 Å². The lowest BCUT2D eigenvalue weighted by atomic mass is 10.0. The average molecular weight is 223 g/mol. The topological polar surface area (TPSA) is 69.9 Å². The number of rotatable bonds is 2. The van der Waals surface area contributed by atoms with Crippen molar-refractivity contribution in [3.8, 4) is 11.5 Å². The van der Waals surface area contributed by atoms with Crippen molar-refractivity contribution < 1.29 is 19.4 Å². The first kappa shape index (κ1) is 10.6. The molecule has 0 aromatic heterocycles. The van der Waals surface area contributed by atoms with Crippen molar-refractivity contribution in [3.63, 3.8) is 0 Å². The monoisotopic (exact) mass is 223 g/mol. The predicted octanol–water partition coefficient (Wildman–Crippen LogP) is 1.87. The van der Waals surface area contributed by atoms with E-state index in [4.69, 9.17) is 0 Å². The molecule has 84 valence electrons. The van der Waals surface area contributed by atoms with Gasteiger partial charge in [-0.15, -0.1) is 0 Å². The van der Waals surface area contributed by atoms with Gasteiger partial charge in [-0.25, -0.2) is 9.18 Å². The summed E-state index contributed by atoms with van der Waals surface area (Å²) < 4.78 is 13.7. The van der Waals surface area contributed by atoms with Gasteiger partial charge >= 0.3 is 0 Å². The Kier molecular flexibility index (Phi) is 2.21. The number of aromatic hydroxyl groups is 2. The number of aryl methyl sites for hydroxylation is 1. The van der Waals surface area contributed by atoms with E-state index < -0.39 is 22.9 Å².